The summed E-state index contributed by atoms with van der Waals surface area (Å²) in [5.74, 6) is -8.59. The molecule has 0 radical (unpaired) electrons. The Balaban J connectivity index is 1.16. The number of benzene rings is 1. The molecule has 4 fully saturated rings. The van der Waals surface area contributed by atoms with E-state index in [0.29, 0.717) is 25.1 Å². The van der Waals surface area contributed by atoms with Crippen molar-refractivity contribution in [2.45, 2.75) is 198 Å². The summed E-state index contributed by atoms with van der Waals surface area (Å²) in [6.45, 7) is 15.7. The second kappa shape index (κ2) is 25.7. The Kier molecular flexibility index (Phi) is 20.8. The average Bonchev–Trinajstić information content (AvgIpc) is 4.25. The van der Waals surface area contributed by atoms with Crippen LogP contribution in [-0.2, 0) is 57.1 Å². The minimum absolute atomic E-state index is 0.00951. The zero-order valence-corrected chi connectivity index (χ0v) is 47.3. The van der Waals surface area contributed by atoms with Gasteiger partial charge < -0.3 is 83.9 Å². The van der Waals surface area contributed by atoms with Crippen molar-refractivity contribution in [2.75, 3.05) is 64.7 Å². The number of aliphatic hydroxyl groups excluding tert-OH is 2. The van der Waals surface area contributed by atoms with Crippen LogP contribution in [0, 0.1) is 29.6 Å². The second-order valence-electron chi connectivity index (χ2n) is 23.1. The van der Waals surface area contributed by atoms with Crippen molar-refractivity contribution in [3.63, 3.8) is 0 Å². The van der Waals surface area contributed by atoms with E-state index in [9.17, 15) is 49.5 Å². The quantitative estimate of drug-likeness (QED) is 0.0632. The summed E-state index contributed by atoms with van der Waals surface area (Å²) in [7, 11) is 6.53. The first-order chi connectivity index (χ1) is 36.1. The molecule has 3 saturated heterocycles. The molecule has 1 aromatic rings. The van der Waals surface area contributed by atoms with Gasteiger partial charge in [0.1, 0.15) is 35.1 Å². The molecule has 7 N–H and O–H groups in total. The fourth-order valence-corrected chi connectivity index (χ4v) is 11.9. The molecule has 4 aliphatic heterocycles. The largest absolute Gasteiger partial charge is 0.481 e. The number of ketones is 2. The summed E-state index contributed by atoms with van der Waals surface area (Å²) in [4.78, 5) is 70.7. The molecular weight excluding hydrogens is 1000 g/mol. The van der Waals surface area contributed by atoms with Crippen LogP contribution in [-0.4, -0.2) is 205 Å². The molecule has 77 heavy (non-hydrogen) atoms. The van der Waals surface area contributed by atoms with Crippen molar-refractivity contribution < 1.29 is 87.4 Å². The lowest BCUT2D eigenvalue weighted by molar-refractivity contribution is -0.340. The van der Waals surface area contributed by atoms with E-state index in [-0.39, 0.29) is 50.6 Å². The smallest absolute Gasteiger partial charge is 0.316 e. The molecule has 0 spiro atoms. The van der Waals surface area contributed by atoms with Crippen molar-refractivity contribution >= 4 is 40.8 Å². The number of hydrogen-bond donors (Lipinski definition) is 7. The summed E-state index contributed by atoms with van der Waals surface area (Å²) in [5, 5.41) is 64.0. The van der Waals surface area contributed by atoms with Gasteiger partial charge in [0.15, 0.2) is 30.8 Å². The molecule has 6 rings (SSSR count). The number of likely N-dealkylation sites (N-methyl/N-ethyl adjacent to an activating group) is 1. The molecule has 22 nitrogen and oxygen atoms in total. The SMILES string of the molecule is CC[C@H]1OC(=O)[C@H](C)[C@@H](OC2C[C@@](C)(OC)[C@@H](OC(=O)CCNCCNc3ccc4c(c3)N(C3CC3)CC(C(=O)O)C4=O)[C@H](C)O2)[C@H](C)[C@@H](OC2O[C@H](OC)C[C@H](N(C)C)[C@H]2O)[C@](C)(O)C[C@@H](C)C(=O)[C@H](C)[C@H](O)[C@]1(C)O. The van der Waals surface area contributed by atoms with Crippen molar-refractivity contribution in [2.24, 2.45) is 29.6 Å². The van der Waals surface area contributed by atoms with E-state index in [1.165, 1.54) is 35.0 Å². The van der Waals surface area contributed by atoms with Crippen LogP contribution in [0.15, 0.2) is 18.2 Å². The number of esters is 2. The number of fused-ring (bicyclic) bond motifs is 1. The van der Waals surface area contributed by atoms with Gasteiger partial charge >= 0.3 is 17.9 Å². The number of rotatable bonds is 18. The Morgan fingerprint density at radius 2 is 1.58 bits per heavy atom. The number of carboxylic acids is 1. The van der Waals surface area contributed by atoms with E-state index in [2.05, 4.69) is 10.6 Å². The van der Waals surface area contributed by atoms with E-state index in [1.807, 2.05) is 15.9 Å². The first-order valence-electron chi connectivity index (χ1n) is 27.3. The molecular formula is C55H88N4O18. The van der Waals surface area contributed by atoms with Crippen LogP contribution < -0.4 is 15.5 Å². The third-order valence-corrected chi connectivity index (χ3v) is 16.8. The van der Waals surface area contributed by atoms with Gasteiger partial charge in [0, 0.05) is 100 Å². The molecule has 436 valence electrons. The monoisotopic (exact) mass is 1090 g/mol. The van der Waals surface area contributed by atoms with Crippen molar-refractivity contribution in [1.29, 1.82) is 0 Å². The lowest BCUT2D eigenvalue weighted by Gasteiger charge is -2.49. The van der Waals surface area contributed by atoms with E-state index in [4.69, 9.17) is 37.9 Å². The van der Waals surface area contributed by atoms with E-state index in [1.54, 1.807) is 67.8 Å². The highest BCUT2D eigenvalue weighted by Crippen LogP contribution is 2.43. The minimum Gasteiger partial charge on any atom is -0.481 e. The Hall–Kier alpha value is -3.91. The summed E-state index contributed by atoms with van der Waals surface area (Å²) < 4.78 is 49.9. The Morgan fingerprint density at radius 1 is 0.896 bits per heavy atom. The third-order valence-electron chi connectivity index (χ3n) is 16.8. The predicted molar refractivity (Wildman–Crippen MR) is 280 cm³/mol. The summed E-state index contributed by atoms with van der Waals surface area (Å²) in [5.41, 5.74) is -3.25. The van der Waals surface area contributed by atoms with Gasteiger partial charge in [-0.2, -0.15) is 0 Å². The summed E-state index contributed by atoms with van der Waals surface area (Å²) >= 11 is 0. The molecule has 0 bridgehead atoms. The zero-order chi connectivity index (χ0) is 57.1. The molecule has 1 saturated carbocycles. The molecule has 4 heterocycles. The van der Waals surface area contributed by atoms with Gasteiger partial charge in [0.05, 0.1) is 42.4 Å². The first-order valence-corrected chi connectivity index (χ1v) is 27.3. The number of carboxylic acid groups (broad SMARTS) is 1. The van der Waals surface area contributed by atoms with Crippen LogP contribution in [0.25, 0.3) is 0 Å². The fraction of sp³-hybridized carbons (Fsp3) is 0.800. The highest BCUT2D eigenvalue weighted by molar-refractivity contribution is 6.13. The fourth-order valence-electron chi connectivity index (χ4n) is 11.9. The van der Waals surface area contributed by atoms with Gasteiger partial charge in [-0.05, 0) is 92.6 Å². The maximum atomic E-state index is 14.5. The maximum Gasteiger partial charge on any atom is 0.316 e. The first kappa shape index (κ1) is 62.3. The van der Waals surface area contributed by atoms with Gasteiger partial charge in [-0.25, -0.2) is 0 Å². The van der Waals surface area contributed by atoms with E-state index >= 15 is 0 Å². The lowest BCUT2D eigenvalue weighted by atomic mass is 9.74. The number of cyclic esters (lactones) is 1. The molecule has 3 unspecified atom stereocenters. The number of aliphatic carboxylic acids is 1. The number of nitrogens with zero attached hydrogens (tertiary/aromatic N) is 2. The van der Waals surface area contributed by atoms with Gasteiger partial charge in [0.25, 0.3) is 0 Å². The van der Waals surface area contributed by atoms with E-state index < -0.39 is 138 Å². The summed E-state index contributed by atoms with van der Waals surface area (Å²) in [6.07, 6.45) is -9.71. The van der Waals surface area contributed by atoms with Crippen LogP contribution in [0.2, 0.25) is 0 Å². The van der Waals surface area contributed by atoms with Crippen LogP contribution >= 0.6 is 0 Å². The van der Waals surface area contributed by atoms with Gasteiger partial charge in [-0.1, -0.05) is 27.7 Å². The molecule has 0 amide bonds. The predicted octanol–water partition coefficient (Wildman–Crippen LogP) is 2.88. The topological polar surface area (TPSA) is 291 Å². The van der Waals surface area contributed by atoms with Crippen LogP contribution in [0.5, 0.6) is 0 Å². The molecule has 5 aliphatic rings. The van der Waals surface area contributed by atoms with Crippen molar-refractivity contribution in [3.8, 4) is 0 Å². The number of ether oxygens (including phenoxy) is 8. The van der Waals surface area contributed by atoms with Gasteiger partial charge in [-0.3, -0.25) is 24.0 Å². The minimum atomic E-state index is -2.07. The molecule has 1 aliphatic carbocycles. The number of Topliss-reactive ketones (excluding diaryl/α,β-unsaturated/α-hetero) is 2. The third kappa shape index (κ3) is 14.2. The maximum absolute atomic E-state index is 14.5. The molecule has 0 aromatic heterocycles. The van der Waals surface area contributed by atoms with Crippen molar-refractivity contribution in [3.05, 3.63) is 23.8 Å². The molecule has 19 atom stereocenters. The van der Waals surface area contributed by atoms with Crippen LogP contribution in [0.1, 0.15) is 118 Å². The number of nitrogens with one attached hydrogen (secondary N) is 2. The number of carbonyl (C=O) groups is 5. The molecule has 22 heteroatoms. The highest BCUT2D eigenvalue weighted by Gasteiger charge is 2.55. The summed E-state index contributed by atoms with van der Waals surface area (Å²) in [6, 6.07) is 5.04. The standard InChI is InChI=1S/C55H88N4O18/c1-14-39-55(9,69)47(64)29(3)43(61)28(2)25-53(7,68)48(77-52-45(63)38(58(10)11)24-41(70-12)76-52)30(4)46(31(5)51(67)73-39)75-42-26-54(8,71-13)49(32(6)72-42)74-40(60)19-20-56-21-22-57-33-15-18-35-37(23-33)59(34-16-17-34)27-36(44(35)62)50(65)66/h15,18,23,28-32,34,36,38-39,41-42,45-49,52,56-57,63-64,68-69H,14,16-17,19-22,24-27H2,1-13H3,(H,65,66)/t28-,29+,30+,31-,32+,36?,38+,39-,41+,42?,45-,46+,47+,48-,49+,52?,53-,54-,55-/m1/s1. The number of carbonyl (C=O) groups excluding carboxylic acids is 4. The normalized spacial score (nSPS) is 39.6. The Labute approximate surface area is 453 Å². The highest BCUT2D eigenvalue weighted by atomic mass is 16.8. The molecule has 1 aromatic carbocycles. The van der Waals surface area contributed by atoms with Crippen LogP contribution in [0.4, 0.5) is 11.4 Å². The second-order valence-corrected chi connectivity index (χ2v) is 23.1. The average molecular weight is 1090 g/mol. The number of hydrogen-bond acceptors (Lipinski definition) is 21. The number of aliphatic hydroxyl groups is 4. The Bertz CT molecular complexity index is 2210. The van der Waals surface area contributed by atoms with E-state index in [0.717, 1.165) is 24.2 Å². The zero-order valence-electron chi connectivity index (χ0n) is 47.3. The number of anilines is 2. The Morgan fingerprint density at radius 3 is 2.19 bits per heavy atom. The number of methoxy groups -OCH3 is 2. The van der Waals surface area contributed by atoms with Crippen LogP contribution in [0.3, 0.4) is 0 Å². The lowest BCUT2D eigenvalue weighted by Crippen LogP contribution is -2.61. The van der Waals surface area contributed by atoms with Gasteiger partial charge in [-0.15, -0.1) is 0 Å². The van der Waals surface area contributed by atoms with Gasteiger partial charge in [0.2, 0.25) is 0 Å². The van der Waals surface area contributed by atoms with Crippen molar-refractivity contribution in [1.82, 2.24) is 10.2 Å².